The number of aromatic hydroxyl groups is 1. The fourth-order valence-corrected chi connectivity index (χ4v) is 4.91. The molecule has 4 aromatic carbocycles. The van der Waals surface area contributed by atoms with Crippen LogP contribution in [0.5, 0.6) is 5.75 Å². The third-order valence-electron chi connectivity index (χ3n) is 4.70. The van der Waals surface area contributed by atoms with Gasteiger partial charge in [-0.05, 0) is 59.3 Å². The summed E-state index contributed by atoms with van der Waals surface area (Å²) >= 11 is 0. The molecule has 9 nitrogen and oxygen atoms in total. The zero-order valence-electron chi connectivity index (χ0n) is 17.1. The number of sulfonamides is 2. The maximum absolute atomic E-state index is 12.7. The van der Waals surface area contributed by atoms with Crippen molar-refractivity contribution in [1.82, 2.24) is 9.66 Å². The van der Waals surface area contributed by atoms with E-state index in [0.717, 1.165) is 0 Å². The molecule has 170 valence electrons. The number of nitrogens with one attached hydrogen (secondary N) is 4. The maximum Gasteiger partial charge on any atom is 0.261 e. The zero-order valence-corrected chi connectivity index (χ0v) is 18.7. The molecule has 0 saturated heterocycles. The minimum atomic E-state index is -4.16. The van der Waals surface area contributed by atoms with Crippen LogP contribution in [0.1, 0.15) is 0 Å². The molecule has 0 atom stereocenters. The van der Waals surface area contributed by atoms with Crippen LogP contribution in [-0.4, -0.2) is 21.9 Å². The first-order chi connectivity index (χ1) is 15.7. The van der Waals surface area contributed by atoms with Crippen LogP contribution in [0.3, 0.4) is 0 Å². The molecular formula is C22H20N4O5S2. The Morgan fingerprint density at radius 1 is 0.576 bits per heavy atom. The van der Waals surface area contributed by atoms with Gasteiger partial charge in [0.05, 0.1) is 4.90 Å². The van der Waals surface area contributed by atoms with Gasteiger partial charge < -0.3 is 16.0 Å². The number of para-hydroxylation sites is 2. The van der Waals surface area contributed by atoms with Crippen molar-refractivity contribution in [1.29, 1.82) is 0 Å². The molecular weight excluding hydrogens is 464 g/mol. The number of fused-ring (bicyclic) bond motifs is 1. The van der Waals surface area contributed by atoms with Crippen LogP contribution in [-0.2, 0) is 20.0 Å². The Kier molecular flexibility index (Phi) is 6.20. The number of anilines is 2. The summed E-state index contributed by atoms with van der Waals surface area (Å²) in [6.45, 7) is 0. The number of benzene rings is 4. The smallest absolute Gasteiger partial charge is 0.261 e. The molecule has 0 saturated carbocycles. The lowest BCUT2D eigenvalue weighted by molar-refractivity contribution is 0.459. The molecule has 0 unspecified atom stereocenters. The topological polar surface area (TPSA) is 137 Å². The van der Waals surface area contributed by atoms with Gasteiger partial charge >= 0.3 is 0 Å². The molecule has 0 aliphatic carbocycles. The number of rotatable bonds is 8. The van der Waals surface area contributed by atoms with Gasteiger partial charge in [0.15, 0.2) is 0 Å². The molecule has 0 heterocycles. The van der Waals surface area contributed by atoms with Crippen molar-refractivity contribution in [3.05, 3.63) is 91.0 Å². The van der Waals surface area contributed by atoms with E-state index in [9.17, 15) is 21.9 Å². The van der Waals surface area contributed by atoms with Crippen molar-refractivity contribution in [2.45, 2.75) is 9.79 Å². The van der Waals surface area contributed by atoms with Crippen LogP contribution in [0.25, 0.3) is 10.8 Å². The van der Waals surface area contributed by atoms with Crippen LogP contribution in [0, 0.1) is 0 Å². The molecule has 0 aliphatic heterocycles. The lowest BCUT2D eigenvalue weighted by Crippen LogP contribution is -2.29. The van der Waals surface area contributed by atoms with Crippen molar-refractivity contribution in [3.63, 3.8) is 0 Å². The summed E-state index contributed by atoms with van der Waals surface area (Å²) in [5.74, 6) is -0.468. The van der Waals surface area contributed by atoms with E-state index in [0.29, 0.717) is 22.1 Å². The lowest BCUT2D eigenvalue weighted by Gasteiger charge is -2.13. The predicted octanol–water partition coefficient (Wildman–Crippen LogP) is 3.16. The summed E-state index contributed by atoms with van der Waals surface area (Å²) in [4.78, 5) is 4.00. The average molecular weight is 485 g/mol. The van der Waals surface area contributed by atoms with Gasteiger partial charge in [-0.15, -0.1) is 9.66 Å². The number of phenolic OH excluding ortho intramolecular Hbond substituents is 1. The minimum absolute atomic E-state index is 0.0807. The van der Waals surface area contributed by atoms with Crippen molar-refractivity contribution < 1.29 is 21.9 Å². The Bertz CT molecular complexity index is 1490. The van der Waals surface area contributed by atoms with E-state index in [1.807, 2.05) is 0 Å². The third-order valence-corrected chi connectivity index (χ3v) is 7.22. The number of hydrazine groups is 2. The van der Waals surface area contributed by atoms with E-state index in [1.54, 1.807) is 60.7 Å². The van der Waals surface area contributed by atoms with E-state index in [-0.39, 0.29) is 4.90 Å². The SMILES string of the molecule is O=S(=O)(NNc1ccccc1)c1ccc2cc(O)c(S(=O)(=O)NNc3ccccc3)cc2c1. The van der Waals surface area contributed by atoms with Crippen LogP contribution in [0.15, 0.2) is 101 Å². The van der Waals surface area contributed by atoms with Crippen LogP contribution >= 0.6 is 0 Å². The second kappa shape index (κ2) is 9.08. The molecule has 4 aromatic rings. The fourth-order valence-electron chi connectivity index (χ4n) is 3.03. The summed E-state index contributed by atoms with van der Waals surface area (Å²) in [6.07, 6.45) is 0. The standard InChI is InChI=1S/C22H20N4O5S2/c27-21-14-16-11-12-20(32(28,29)25-23-18-7-3-1-4-8-18)13-17(16)15-22(21)33(30,31)26-24-19-9-5-2-6-10-19/h1-15,23-27H. The number of hydrogen-bond acceptors (Lipinski definition) is 7. The lowest BCUT2D eigenvalue weighted by atomic mass is 10.1. The summed E-state index contributed by atoms with van der Waals surface area (Å²) in [7, 11) is -8.12. The van der Waals surface area contributed by atoms with Crippen molar-refractivity contribution in [2.75, 3.05) is 10.9 Å². The highest BCUT2D eigenvalue weighted by atomic mass is 32.2. The third kappa shape index (κ3) is 5.23. The Morgan fingerprint density at radius 3 is 1.70 bits per heavy atom. The van der Waals surface area contributed by atoms with E-state index >= 15 is 0 Å². The van der Waals surface area contributed by atoms with Crippen molar-refractivity contribution >= 4 is 42.2 Å². The van der Waals surface area contributed by atoms with Crippen molar-refractivity contribution in [2.24, 2.45) is 0 Å². The molecule has 0 fully saturated rings. The van der Waals surface area contributed by atoms with Gasteiger partial charge in [-0.25, -0.2) is 16.8 Å². The highest BCUT2D eigenvalue weighted by Gasteiger charge is 2.21. The van der Waals surface area contributed by atoms with Gasteiger partial charge in [-0.3, -0.25) is 0 Å². The van der Waals surface area contributed by atoms with Gasteiger partial charge in [-0.2, -0.15) is 0 Å². The average Bonchev–Trinajstić information content (AvgIpc) is 2.82. The predicted molar refractivity (Wildman–Crippen MR) is 126 cm³/mol. The minimum Gasteiger partial charge on any atom is -0.507 e. The van der Waals surface area contributed by atoms with Crippen molar-refractivity contribution in [3.8, 4) is 5.75 Å². The fraction of sp³-hybridized carbons (Fsp3) is 0. The summed E-state index contributed by atoms with van der Waals surface area (Å²) in [5, 5.41) is 11.1. The van der Waals surface area contributed by atoms with E-state index in [1.165, 1.54) is 30.3 Å². The maximum atomic E-state index is 12.7. The Hall–Kier alpha value is -3.64. The second-order valence-corrected chi connectivity index (χ2v) is 10.4. The molecule has 33 heavy (non-hydrogen) atoms. The van der Waals surface area contributed by atoms with E-state index in [2.05, 4.69) is 20.5 Å². The molecule has 0 bridgehead atoms. The highest BCUT2D eigenvalue weighted by molar-refractivity contribution is 7.90. The molecule has 0 aromatic heterocycles. The van der Waals surface area contributed by atoms with Gasteiger partial charge in [0, 0.05) is 11.4 Å². The second-order valence-electron chi connectivity index (χ2n) is 7.02. The molecule has 0 amide bonds. The monoisotopic (exact) mass is 484 g/mol. The molecule has 0 radical (unpaired) electrons. The van der Waals surface area contributed by atoms with E-state index < -0.39 is 30.7 Å². The van der Waals surface area contributed by atoms with Gasteiger partial charge in [0.2, 0.25) is 0 Å². The summed E-state index contributed by atoms with van der Waals surface area (Å²) < 4.78 is 50.9. The quantitative estimate of drug-likeness (QED) is 0.242. The molecule has 5 N–H and O–H groups in total. The Morgan fingerprint density at radius 2 is 1.12 bits per heavy atom. The summed E-state index contributed by atoms with van der Waals surface area (Å²) in [6, 6.07) is 23.9. The van der Waals surface area contributed by atoms with Crippen LogP contribution in [0.4, 0.5) is 11.4 Å². The van der Waals surface area contributed by atoms with Crippen LogP contribution < -0.4 is 20.5 Å². The number of hydrogen-bond donors (Lipinski definition) is 5. The summed E-state index contributed by atoms with van der Waals surface area (Å²) in [5.41, 5.74) is 6.24. The largest absolute Gasteiger partial charge is 0.507 e. The highest BCUT2D eigenvalue weighted by Crippen LogP contribution is 2.30. The first-order valence-electron chi connectivity index (χ1n) is 9.67. The zero-order chi connectivity index (χ0) is 23.5. The molecule has 0 aliphatic rings. The van der Waals surface area contributed by atoms with Gasteiger partial charge in [0.25, 0.3) is 20.0 Å². The molecule has 0 spiro atoms. The van der Waals surface area contributed by atoms with Crippen LogP contribution in [0.2, 0.25) is 0 Å². The Balaban J connectivity index is 1.61. The first kappa shape index (κ1) is 22.6. The Labute approximate surface area is 191 Å². The van der Waals surface area contributed by atoms with E-state index in [4.69, 9.17) is 0 Å². The molecule has 4 rings (SSSR count). The van der Waals surface area contributed by atoms with Gasteiger partial charge in [-0.1, -0.05) is 42.5 Å². The first-order valence-corrected chi connectivity index (χ1v) is 12.6. The van der Waals surface area contributed by atoms with Gasteiger partial charge in [0.1, 0.15) is 10.6 Å². The molecule has 11 heteroatoms. The number of phenols is 1. The normalized spacial score (nSPS) is 11.9.